The van der Waals surface area contributed by atoms with Crippen LogP contribution in [-0.4, -0.2) is 15.0 Å². The van der Waals surface area contributed by atoms with Gasteiger partial charge in [-0.05, 0) is 36.2 Å². The summed E-state index contributed by atoms with van der Waals surface area (Å²) in [4.78, 5) is 12.0. The van der Waals surface area contributed by atoms with Gasteiger partial charge in [-0.2, -0.15) is 0 Å². The fourth-order valence-electron chi connectivity index (χ4n) is 2.82. The first-order chi connectivity index (χ1) is 10.8. The molecule has 4 nitrogen and oxygen atoms in total. The van der Waals surface area contributed by atoms with Crippen molar-refractivity contribution < 1.29 is 0 Å². The number of aromatic amines is 1. The zero-order valence-corrected chi connectivity index (χ0v) is 12.3. The third kappa shape index (κ3) is 2.09. The summed E-state index contributed by atoms with van der Waals surface area (Å²) in [5.41, 5.74) is 6.57. The molecule has 0 spiro atoms. The SMILES string of the molecule is Cc1ccc2[nH]cnc2c1NCc1ccnc2ccccc12. The molecule has 2 heterocycles. The van der Waals surface area contributed by atoms with E-state index in [9.17, 15) is 0 Å². The van der Waals surface area contributed by atoms with Crippen LogP contribution in [0.25, 0.3) is 21.9 Å². The fourth-order valence-corrected chi connectivity index (χ4v) is 2.82. The molecule has 4 heteroatoms. The van der Waals surface area contributed by atoms with Gasteiger partial charge in [0.05, 0.1) is 23.0 Å². The first-order valence-electron chi connectivity index (χ1n) is 7.32. The number of anilines is 1. The number of rotatable bonds is 3. The maximum absolute atomic E-state index is 4.42. The van der Waals surface area contributed by atoms with E-state index < -0.39 is 0 Å². The lowest BCUT2D eigenvalue weighted by molar-refractivity contribution is 1.15. The molecule has 0 saturated carbocycles. The summed E-state index contributed by atoms with van der Waals surface area (Å²) in [5, 5.41) is 4.72. The van der Waals surface area contributed by atoms with Crippen LogP contribution in [0, 0.1) is 6.92 Å². The average molecular weight is 288 g/mol. The Morgan fingerprint density at radius 1 is 1.05 bits per heavy atom. The van der Waals surface area contributed by atoms with Crippen molar-refractivity contribution in [3.8, 4) is 0 Å². The Labute approximate surface area is 128 Å². The van der Waals surface area contributed by atoms with E-state index in [1.54, 1.807) is 6.33 Å². The van der Waals surface area contributed by atoms with E-state index >= 15 is 0 Å². The Kier molecular flexibility index (Phi) is 3.00. The van der Waals surface area contributed by atoms with Gasteiger partial charge >= 0.3 is 0 Å². The molecule has 4 aromatic rings. The number of benzene rings is 2. The number of fused-ring (bicyclic) bond motifs is 2. The largest absolute Gasteiger partial charge is 0.379 e. The average Bonchev–Trinajstić information content (AvgIpc) is 3.03. The van der Waals surface area contributed by atoms with Crippen LogP contribution < -0.4 is 5.32 Å². The quantitative estimate of drug-likeness (QED) is 0.598. The van der Waals surface area contributed by atoms with Gasteiger partial charge in [0.15, 0.2) is 0 Å². The van der Waals surface area contributed by atoms with Gasteiger partial charge < -0.3 is 10.3 Å². The molecule has 2 aromatic carbocycles. The van der Waals surface area contributed by atoms with Crippen LogP contribution in [0.5, 0.6) is 0 Å². The molecule has 0 unspecified atom stereocenters. The highest BCUT2D eigenvalue weighted by Crippen LogP contribution is 2.26. The van der Waals surface area contributed by atoms with Crippen molar-refractivity contribution in [2.24, 2.45) is 0 Å². The van der Waals surface area contributed by atoms with E-state index in [0.717, 1.165) is 28.8 Å². The molecule has 0 atom stereocenters. The highest BCUT2D eigenvalue weighted by molar-refractivity contribution is 5.90. The van der Waals surface area contributed by atoms with E-state index in [-0.39, 0.29) is 0 Å². The second kappa shape index (κ2) is 5.15. The molecule has 0 saturated heterocycles. The van der Waals surface area contributed by atoms with Crippen molar-refractivity contribution in [1.29, 1.82) is 0 Å². The zero-order valence-electron chi connectivity index (χ0n) is 12.3. The predicted molar refractivity (Wildman–Crippen MR) is 89.9 cm³/mol. The third-order valence-corrected chi connectivity index (χ3v) is 3.99. The van der Waals surface area contributed by atoms with Crippen LogP contribution >= 0.6 is 0 Å². The third-order valence-electron chi connectivity index (χ3n) is 3.99. The number of para-hydroxylation sites is 1. The van der Waals surface area contributed by atoms with Crippen LogP contribution in [0.2, 0.25) is 0 Å². The fraction of sp³-hybridized carbons (Fsp3) is 0.111. The van der Waals surface area contributed by atoms with Crippen molar-refractivity contribution >= 4 is 27.6 Å². The topological polar surface area (TPSA) is 53.6 Å². The van der Waals surface area contributed by atoms with Crippen LogP contribution in [0.4, 0.5) is 5.69 Å². The molecule has 0 radical (unpaired) electrons. The molecule has 4 rings (SSSR count). The summed E-state index contributed by atoms with van der Waals surface area (Å²) in [5.74, 6) is 0. The number of imidazole rings is 1. The minimum absolute atomic E-state index is 0.746. The van der Waals surface area contributed by atoms with E-state index in [1.165, 1.54) is 16.5 Å². The molecule has 2 aromatic heterocycles. The van der Waals surface area contributed by atoms with Crippen LogP contribution in [0.3, 0.4) is 0 Å². The number of nitrogens with one attached hydrogen (secondary N) is 2. The van der Waals surface area contributed by atoms with Gasteiger partial charge in [-0.25, -0.2) is 4.98 Å². The minimum atomic E-state index is 0.746. The molecular weight excluding hydrogens is 272 g/mol. The molecule has 108 valence electrons. The molecule has 22 heavy (non-hydrogen) atoms. The summed E-state index contributed by atoms with van der Waals surface area (Å²) in [6.07, 6.45) is 3.60. The van der Waals surface area contributed by atoms with E-state index in [1.807, 2.05) is 24.4 Å². The summed E-state index contributed by atoms with van der Waals surface area (Å²) in [7, 11) is 0. The smallest absolute Gasteiger partial charge is 0.112 e. The Hall–Kier alpha value is -2.88. The molecule has 0 fully saturated rings. The Bertz CT molecular complexity index is 950. The normalized spacial score (nSPS) is 11.1. The number of hydrogen-bond acceptors (Lipinski definition) is 3. The molecule has 0 aliphatic heterocycles. The van der Waals surface area contributed by atoms with E-state index in [2.05, 4.69) is 51.5 Å². The monoisotopic (exact) mass is 288 g/mol. The van der Waals surface area contributed by atoms with Gasteiger partial charge in [0.1, 0.15) is 5.52 Å². The number of pyridine rings is 1. The standard InChI is InChI=1S/C18H16N4/c1-12-6-7-16-18(22-11-21-16)17(12)20-10-13-8-9-19-15-5-3-2-4-14(13)15/h2-9,11,20H,10H2,1H3,(H,21,22). The number of aromatic nitrogens is 3. The molecule has 0 bridgehead atoms. The second-order valence-corrected chi connectivity index (χ2v) is 5.40. The summed E-state index contributed by atoms with van der Waals surface area (Å²) in [6, 6.07) is 14.4. The summed E-state index contributed by atoms with van der Waals surface area (Å²) < 4.78 is 0. The highest BCUT2D eigenvalue weighted by atomic mass is 14.9. The lowest BCUT2D eigenvalue weighted by Gasteiger charge is -2.12. The number of aryl methyl sites for hydroxylation is 1. The van der Waals surface area contributed by atoms with Crippen LogP contribution in [-0.2, 0) is 6.54 Å². The summed E-state index contributed by atoms with van der Waals surface area (Å²) >= 11 is 0. The van der Waals surface area contributed by atoms with Gasteiger partial charge in [0.25, 0.3) is 0 Å². The lowest BCUT2D eigenvalue weighted by Crippen LogP contribution is -2.03. The molecule has 0 amide bonds. The van der Waals surface area contributed by atoms with Crippen molar-refractivity contribution in [2.75, 3.05) is 5.32 Å². The molecule has 0 aliphatic rings. The first-order valence-corrected chi connectivity index (χ1v) is 7.32. The highest BCUT2D eigenvalue weighted by Gasteiger charge is 2.08. The van der Waals surface area contributed by atoms with Gasteiger partial charge in [-0.3, -0.25) is 4.98 Å². The molecule has 2 N–H and O–H groups in total. The Morgan fingerprint density at radius 2 is 1.95 bits per heavy atom. The number of H-pyrrole nitrogens is 1. The predicted octanol–water partition coefficient (Wildman–Crippen LogP) is 4.03. The Balaban J connectivity index is 1.72. The minimum Gasteiger partial charge on any atom is -0.379 e. The van der Waals surface area contributed by atoms with Crippen molar-refractivity contribution in [1.82, 2.24) is 15.0 Å². The summed E-state index contributed by atoms with van der Waals surface area (Å²) in [6.45, 7) is 2.84. The van der Waals surface area contributed by atoms with Gasteiger partial charge in [-0.1, -0.05) is 24.3 Å². The Morgan fingerprint density at radius 3 is 2.91 bits per heavy atom. The maximum Gasteiger partial charge on any atom is 0.112 e. The van der Waals surface area contributed by atoms with Gasteiger partial charge in [-0.15, -0.1) is 0 Å². The second-order valence-electron chi connectivity index (χ2n) is 5.40. The van der Waals surface area contributed by atoms with Crippen LogP contribution in [0.1, 0.15) is 11.1 Å². The first kappa shape index (κ1) is 12.8. The molecule has 0 aliphatic carbocycles. The van der Waals surface area contributed by atoms with Crippen molar-refractivity contribution in [3.63, 3.8) is 0 Å². The maximum atomic E-state index is 4.42. The van der Waals surface area contributed by atoms with Crippen molar-refractivity contribution in [3.05, 3.63) is 66.1 Å². The van der Waals surface area contributed by atoms with Crippen molar-refractivity contribution in [2.45, 2.75) is 13.5 Å². The van der Waals surface area contributed by atoms with E-state index in [0.29, 0.717) is 0 Å². The van der Waals surface area contributed by atoms with Gasteiger partial charge in [0.2, 0.25) is 0 Å². The van der Waals surface area contributed by atoms with Crippen LogP contribution in [0.15, 0.2) is 55.0 Å². The zero-order chi connectivity index (χ0) is 14.9. The number of nitrogens with zero attached hydrogens (tertiary/aromatic N) is 2. The van der Waals surface area contributed by atoms with Gasteiger partial charge in [0, 0.05) is 18.1 Å². The molecular formula is C18H16N4. The number of hydrogen-bond donors (Lipinski definition) is 2. The van der Waals surface area contributed by atoms with E-state index in [4.69, 9.17) is 0 Å². The lowest BCUT2D eigenvalue weighted by atomic mass is 10.1.